The number of rotatable bonds is 6. The van der Waals surface area contributed by atoms with Crippen molar-refractivity contribution >= 4 is 17.6 Å². The second-order valence-electron chi connectivity index (χ2n) is 6.09. The second kappa shape index (κ2) is 8.03. The van der Waals surface area contributed by atoms with Crippen LogP contribution in [0.1, 0.15) is 21.5 Å². The minimum absolute atomic E-state index is 0.0669. The lowest BCUT2D eigenvalue weighted by molar-refractivity contribution is -0.0498. The molecular weight excluding hydrogens is 356 g/mol. The molecule has 0 spiro atoms. The monoisotopic (exact) mass is 375 g/mol. The molecule has 142 valence electrons. The summed E-state index contributed by atoms with van der Waals surface area (Å²) in [6.07, 6.45) is 0. The Morgan fingerprint density at radius 1 is 1.26 bits per heavy atom. The third-order valence-electron chi connectivity index (χ3n) is 4.21. The van der Waals surface area contributed by atoms with E-state index in [1.165, 1.54) is 12.1 Å². The molecule has 8 heteroatoms. The van der Waals surface area contributed by atoms with E-state index in [1.807, 2.05) is 6.92 Å². The molecule has 2 N–H and O–H groups in total. The number of carbonyl (C=O) groups excluding carboxylic acids is 2. The number of carbonyl (C=O) groups is 2. The first kappa shape index (κ1) is 18.6. The van der Waals surface area contributed by atoms with Gasteiger partial charge in [0.2, 0.25) is 0 Å². The Labute approximate surface area is 155 Å². The molecule has 0 aliphatic carbocycles. The van der Waals surface area contributed by atoms with Crippen LogP contribution in [-0.4, -0.2) is 31.6 Å². The van der Waals surface area contributed by atoms with Crippen LogP contribution < -0.4 is 20.3 Å². The number of benzene rings is 2. The summed E-state index contributed by atoms with van der Waals surface area (Å²) in [6.45, 7) is 0.425. The number of alkyl halides is 2. The van der Waals surface area contributed by atoms with Crippen molar-refractivity contribution in [1.29, 1.82) is 0 Å². The Kier molecular flexibility index (Phi) is 5.54. The summed E-state index contributed by atoms with van der Waals surface area (Å²) in [5.41, 5.74) is 2.84. The van der Waals surface area contributed by atoms with Gasteiger partial charge in [-0.2, -0.15) is 8.78 Å². The molecule has 0 bridgehead atoms. The maximum absolute atomic E-state index is 12.4. The zero-order valence-electron chi connectivity index (χ0n) is 14.7. The number of hydrogen-bond donors (Lipinski definition) is 2. The molecular formula is C19H19F2N3O3. The molecule has 1 fully saturated rings. The molecule has 0 radical (unpaired) electrons. The third kappa shape index (κ3) is 4.52. The predicted molar refractivity (Wildman–Crippen MR) is 96.2 cm³/mol. The van der Waals surface area contributed by atoms with Crippen molar-refractivity contribution in [3.8, 4) is 5.75 Å². The van der Waals surface area contributed by atoms with Crippen LogP contribution in [0.4, 0.5) is 19.3 Å². The van der Waals surface area contributed by atoms with E-state index in [9.17, 15) is 18.4 Å². The Balaban J connectivity index is 1.61. The second-order valence-corrected chi connectivity index (χ2v) is 6.09. The van der Waals surface area contributed by atoms with E-state index in [0.717, 1.165) is 16.8 Å². The molecule has 0 aromatic heterocycles. The van der Waals surface area contributed by atoms with Crippen molar-refractivity contribution in [3.05, 3.63) is 59.2 Å². The van der Waals surface area contributed by atoms with Crippen molar-refractivity contribution in [2.45, 2.75) is 20.1 Å². The quantitative estimate of drug-likeness (QED) is 0.815. The summed E-state index contributed by atoms with van der Waals surface area (Å²) in [5, 5.41) is 5.52. The summed E-state index contributed by atoms with van der Waals surface area (Å²) in [7, 11) is 0. The van der Waals surface area contributed by atoms with Gasteiger partial charge in [-0.05, 0) is 48.4 Å². The highest BCUT2D eigenvalue weighted by atomic mass is 19.3. The van der Waals surface area contributed by atoms with E-state index in [-0.39, 0.29) is 24.2 Å². The Morgan fingerprint density at radius 3 is 2.59 bits per heavy atom. The number of halogens is 2. The SMILES string of the molecule is Cc1cc(C(=O)NCc2ccc(OC(F)F)cc2)ccc1N1CCNC1=O. The molecule has 3 amide bonds. The number of amides is 3. The molecule has 0 atom stereocenters. The van der Waals surface area contributed by atoms with E-state index in [4.69, 9.17) is 0 Å². The first-order valence-corrected chi connectivity index (χ1v) is 8.42. The lowest BCUT2D eigenvalue weighted by atomic mass is 10.1. The highest BCUT2D eigenvalue weighted by Crippen LogP contribution is 2.23. The molecule has 1 heterocycles. The first-order chi connectivity index (χ1) is 12.9. The lowest BCUT2D eigenvalue weighted by Crippen LogP contribution is -2.28. The topological polar surface area (TPSA) is 70.7 Å². The number of nitrogens with zero attached hydrogens (tertiary/aromatic N) is 1. The summed E-state index contributed by atoms with van der Waals surface area (Å²) in [6, 6.07) is 11.1. The number of ether oxygens (including phenoxy) is 1. The molecule has 27 heavy (non-hydrogen) atoms. The number of urea groups is 1. The fourth-order valence-corrected chi connectivity index (χ4v) is 2.87. The molecule has 0 unspecified atom stereocenters. The van der Waals surface area contributed by atoms with Gasteiger partial charge in [0.05, 0.1) is 0 Å². The smallest absolute Gasteiger partial charge is 0.387 e. The third-order valence-corrected chi connectivity index (χ3v) is 4.21. The van der Waals surface area contributed by atoms with E-state index in [0.29, 0.717) is 18.7 Å². The van der Waals surface area contributed by atoms with Crippen LogP contribution in [0.5, 0.6) is 5.75 Å². The summed E-state index contributed by atoms with van der Waals surface area (Å²) >= 11 is 0. The van der Waals surface area contributed by atoms with Crippen LogP contribution in [0.2, 0.25) is 0 Å². The van der Waals surface area contributed by atoms with E-state index < -0.39 is 6.61 Å². The fraction of sp³-hybridized carbons (Fsp3) is 0.263. The van der Waals surface area contributed by atoms with Gasteiger partial charge in [0.1, 0.15) is 5.75 Å². The van der Waals surface area contributed by atoms with Crippen molar-refractivity contribution in [2.24, 2.45) is 0 Å². The Bertz CT molecular complexity index is 841. The van der Waals surface area contributed by atoms with E-state index in [2.05, 4.69) is 15.4 Å². The fourth-order valence-electron chi connectivity index (χ4n) is 2.87. The molecule has 1 saturated heterocycles. The molecule has 2 aromatic rings. The average Bonchev–Trinajstić information content (AvgIpc) is 3.06. The highest BCUT2D eigenvalue weighted by molar-refractivity contribution is 5.97. The average molecular weight is 375 g/mol. The number of aryl methyl sites for hydroxylation is 1. The lowest BCUT2D eigenvalue weighted by Gasteiger charge is -2.17. The molecule has 2 aromatic carbocycles. The predicted octanol–water partition coefficient (Wildman–Crippen LogP) is 3.06. The van der Waals surface area contributed by atoms with Gasteiger partial charge < -0.3 is 15.4 Å². The zero-order valence-corrected chi connectivity index (χ0v) is 14.7. The molecule has 0 saturated carbocycles. The van der Waals surface area contributed by atoms with Crippen molar-refractivity contribution < 1.29 is 23.1 Å². The van der Waals surface area contributed by atoms with Crippen LogP contribution in [0.15, 0.2) is 42.5 Å². The standard InChI is InChI=1S/C19H19F2N3O3/c1-12-10-14(4-7-16(12)24-9-8-22-19(24)26)17(25)23-11-13-2-5-15(6-3-13)27-18(20)21/h2-7,10,18H,8-9,11H2,1H3,(H,22,26)(H,23,25). The van der Waals surface area contributed by atoms with Gasteiger partial charge in [-0.15, -0.1) is 0 Å². The van der Waals surface area contributed by atoms with Gasteiger partial charge in [-0.25, -0.2) is 4.79 Å². The molecule has 1 aliphatic heterocycles. The van der Waals surface area contributed by atoms with Crippen LogP contribution in [0.3, 0.4) is 0 Å². The molecule has 6 nitrogen and oxygen atoms in total. The Hall–Kier alpha value is -3.16. The van der Waals surface area contributed by atoms with E-state index >= 15 is 0 Å². The normalized spacial score (nSPS) is 13.6. The van der Waals surface area contributed by atoms with E-state index in [1.54, 1.807) is 35.2 Å². The molecule has 1 aliphatic rings. The van der Waals surface area contributed by atoms with Crippen molar-refractivity contribution in [3.63, 3.8) is 0 Å². The summed E-state index contributed by atoms with van der Waals surface area (Å²) in [5.74, 6) is -0.194. The van der Waals surface area contributed by atoms with Gasteiger partial charge in [0.15, 0.2) is 0 Å². The summed E-state index contributed by atoms with van der Waals surface area (Å²) < 4.78 is 28.6. The van der Waals surface area contributed by atoms with Gasteiger partial charge in [0, 0.05) is 30.9 Å². The van der Waals surface area contributed by atoms with Crippen molar-refractivity contribution in [2.75, 3.05) is 18.0 Å². The number of hydrogen-bond acceptors (Lipinski definition) is 3. The zero-order chi connectivity index (χ0) is 19.4. The minimum atomic E-state index is -2.87. The van der Waals surface area contributed by atoms with Crippen molar-refractivity contribution in [1.82, 2.24) is 10.6 Å². The van der Waals surface area contributed by atoms with Gasteiger partial charge in [-0.1, -0.05) is 12.1 Å². The van der Waals surface area contributed by atoms with Crippen LogP contribution >= 0.6 is 0 Å². The summed E-state index contributed by atoms with van der Waals surface area (Å²) in [4.78, 5) is 25.8. The van der Waals surface area contributed by atoms with Crippen LogP contribution in [0, 0.1) is 6.92 Å². The maximum atomic E-state index is 12.4. The van der Waals surface area contributed by atoms with Gasteiger partial charge >= 0.3 is 12.6 Å². The van der Waals surface area contributed by atoms with Gasteiger partial charge in [-0.3, -0.25) is 9.69 Å². The largest absolute Gasteiger partial charge is 0.435 e. The Morgan fingerprint density at radius 2 is 2.00 bits per heavy atom. The number of anilines is 1. The minimum Gasteiger partial charge on any atom is -0.435 e. The highest BCUT2D eigenvalue weighted by Gasteiger charge is 2.22. The first-order valence-electron chi connectivity index (χ1n) is 8.42. The molecule has 3 rings (SSSR count). The van der Waals surface area contributed by atoms with Crippen LogP contribution in [0.25, 0.3) is 0 Å². The maximum Gasteiger partial charge on any atom is 0.387 e. The number of nitrogens with one attached hydrogen (secondary N) is 2. The van der Waals surface area contributed by atoms with Gasteiger partial charge in [0.25, 0.3) is 5.91 Å². The van der Waals surface area contributed by atoms with Crippen LogP contribution in [-0.2, 0) is 6.54 Å².